The van der Waals surface area contributed by atoms with Gasteiger partial charge in [0.25, 0.3) is 0 Å². The summed E-state index contributed by atoms with van der Waals surface area (Å²) in [5.41, 5.74) is 0. The highest BCUT2D eigenvalue weighted by Crippen LogP contribution is 2.43. The first-order valence-electron chi connectivity index (χ1n) is 24.5. The molecule has 0 aromatic rings. The van der Waals surface area contributed by atoms with E-state index in [1.807, 2.05) is 18.2 Å². The predicted octanol–water partition coefficient (Wildman–Crippen LogP) is 13.6. The third-order valence-electron chi connectivity index (χ3n) is 9.80. The van der Waals surface area contributed by atoms with Crippen molar-refractivity contribution in [2.45, 2.75) is 200 Å². The van der Waals surface area contributed by atoms with Crippen LogP contribution in [0.2, 0.25) is 0 Å². The van der Waals surface area contributed by atoms with E-state index < -0.39 is 57.8 Å². The number of aliphatic hydroxyl groups excluding tert-OH is 1. The number of ether oxygens (including phenoxy) is 3. The predicted molar refractivity (Wildman–Crippen MR) is 261 cm³/mol. The highest BCUT2D eigenvalue weighted by molar-refractivity contribution is 7.47. The van der Waals surface area contributed by atoms with Crippen LogP contribution in [-0.4, -0.2) is 66.5 Å². The number of carbonyl (C=O) groups excluding carboxylic acids is 3. The smallest absolute Gasteiger partial charge is 0.462 e. The topological polar surface area (TPSA) is 155 Å². The fourth-order valence-corrected chi connectivity index (χ4v) is 6.82. The van der Waals surface area contributed by atoms with Crippen LogP contribution in [0.3, 0.4) is 0 Å². The molecular weight excluding hydrogens is 832 g/mol. The lowest BCUT2D eigenvalue weighted by Gasteiger charge is -2.21. The van der Waals surface area contributed by atoms with Gasteiger partial charge in [-0.1, -0.05) is 170 Å². The van der Waals surface area contributed by atoms with E-state index in [1.54, 1.807) is 6.08 Å². The quantitative estimate of drug-likeness (QED) is 0.0197. The van der Waals surface area contributed by atoms with E-state index in [4.69, 9.17) is 23.3 Å². The molecule has 64 heavy (non-hydrogen) atoms. The molecule has 0 fully saturated rings. The van der Waals surface area contributed by atoms with E-state index >= 15 is 0 Å². The van der Waals surface area contributed by atoms with Crippen LogP contribution in [0.4, 0.5) is 0 Å². The Hall–Kier alpha value is -3.34. The normalized spacial score (nSPS) is 14.3. The Morgan fingerprint density at radius 3 is 1.36 bits per heavy atom. The van der Waals surface area contributed by atoms with Crippen molar-refractivity contribution >= 4 is 25.7 Å². The molecular formula is C52H87O11P. The van der Waals surface area contributed by atoms with Crippen LogP contribution < -0.4 is 0 Å². The lowest BCUT2D eigenvalue weighted by atomic mass is 10.1. The first kappa shape index (κ1) is 60.7. The summed E-state index contributed by atoms with van der Waals surface area (Å²) in [6.07, 6.45) is 50.2. The maximum atomic E-state index is 12.8. The molecule has 0 rings (SSSR count). The summed E-state index contributed by atoms with van der Waals surface area (Å²) >= 11 is 0. The molecule has 0 aromatic carbocycles. The van der Waals surface area contributed by atoms with Crippen LogP contribution >= 0.6 is 7.82 Å². The number of phosphoric ester groups is 1. The number of esters is 3. The highest BCUT2D eigenvalue weighted by Gasteiger charge is 2.28. The number of unbranched alkanes of at least 4 members (excludes halogenated alkanes) is 14. The van der Waals surface area contributed by atoms with Crippen LogP contribution in [-0.2, 0) is 42.2 Å². The van der Waals surface area contributed by atoms with E-state index in [-0.39, 0.29) is 25.9 Å². The van der Waals surface area contributed by atoms with Crippen LogP contribution in [0.15, 0.2) is 85.1 Å². The van der Waals surface area contributed by atoms with E-state index in [1.165, 1.54) is 25.7 Å². The van der Waals surface area contributed by atoms with Crippen molar-refractivity contribution < 1.29 is 52.2 Å². The fourth-order valence-electron chi connectivity index (χ4n) is 6.04. The number of hydrogen-bond acceptors (Lipinski definition) is 10. The van der Waals surface area contributed by atoms with Crippen molar-refractivity contribution in [3.63, 3.8) is 0 Å². The highest BCUT2D eigenvalue weighted by atomic mass is 31.2. The lowest BCUT2D eigenvalue weighted by Crippen LogP contribution is -2.30. The van der Waals surface area contributed by atoms with Gasteiger partial charge in [0.2, 0.25) is 0 Å². The van der Waals surface area contributed by atoms with Gasteiger partial charge in [-0.3, -0.25) is 23.4 Å². The minimum Gasteiger partial charge on any atom is -0.462 e. The SMILES string of the molecule is CC/C=C\C/C=C\C/C=C\C/C=C\C/C=C\CC(=O)OC(COC(=O)CCCCCCC/C=C\CCCC)COP(=O)(O)OCC(CO)OC(=O)CCCCCCC/C=C\CCCC. The molecule has 0 saturated carbocycles. The first-order valence-corrected chi connectivity index (χ1v) is 26.0. The largest absolute Gasteiger partial charge is 0.472 e. The Kier molecular flexibility index (Phi) is 43.8. The zero-order valence-corrected chi connectivity index (χ0v) is 40.9. The van der Waals surface area contributed by atoms with Gasteiger partial charge in [0.05, 0.1) is 26.2 Å². The summed E-state index contributed by atoms with van der Waals surface area (Å²) in [7, 11) is -4.77. The Labute approximate surface area is 388 Å². The van der Waals surface area contributed by atoms with Gasteiger partial charge in [-0.05, 0) is 83.5 Å². The van der Waals surface area contributed by atoms with Crippen molar-refractivity contribution in [3.8, 4) is 0 Å². The van der Waals surface area contributed by atoms with Gasteiger partial charge < -0.3 is 24.2 Å². The summed E-state index contributed by atoms with van der Waals surface area (Å²) < 4.78 is 39.1. The second-order valence-electron chi connectivity index (χ2n) is 15.9. The standard InChI is InChI=1S/C52H87O11P/c1-4-7-10-13-16-19-22-23-24-25-28-31-34-37-40-43-52(56)63-49(45-59-50(54)41-38-35-32-29-26-20-17-14-11-8-5-2)47-61-64(57,58)60-46-48(44-53)62-51(55)42-39-36-33-30-27-21-18-15-12-9-6-3/h7,10,14-19,23-24,28,31,37,40,48-49,53H,4-6,8-9,11-13,20-22,25-27,29-30,32-36,38-39,41-47H2,1-3H3,(H,57,58)/b10-7-,17-14-,18-15-,19-16-,24-23-,31-28-,40-37-. The average Bonchev–Trinajstić information content (AvgIpc) is 3.28. The van der Waals surface area contributed by atoms with Gasteiger partial charge in [-0.2, -0.15) is 0 Å². The molecule has 0 amide bonds. The lowest BCUT2D eigenvalue weighted by molar-refractivity contribution is -0.160. The number of carbonyl (C=O) groups is 3. The van der Waals surface area contributed by atoms with E-state index in [0.717, 1.165) is 103 Å². The van der Waals surface area contributed by atoms with Crippen molar-refractivity contribution in [1.29, 1.82) is 0 Å². The summed E-state index contributed by atoms with van der Waals surface area (Å²) in [5.74, 6) is -1.65. The molecule has 366 valence electrons. The molecule has 0 saturated heterocycles. The van der Waals surface area contributed by atoms with E-state index in [2.05, 4.69) is 81.5 Å². The van der Waals surface area contributed by atoms with Gasteiger partial charge in [-0.25, -0.2) is 4.57 Å². The maximum Gasteiger partial charge on any atom is 0.472 e. The van der Waals surface area contributed by atoms with Gasteiger partial charge >= 0.3 is 25.7 Å². The summed E-state index contributed by atoms with van der Waals surface area (Å²) in [6.45, 7) is 4.28. The molecule has 12 heteroatoms. The van der Waals surface area contributed by atoms with Crippen molar-refractivity contribution in [2.75, 3.05) is 26.4 Å². The maximum absolute atomic E-state index is 12.8. The van der Waals surface area contributed by atoms with Crippen molar-refractivity contribution in [2.24, 2.45) is 0 Å². The summed E-state index contributed by atoms with van der Waals surface area (Å²) in [4.78, 5) is 48.1. The van der Waals surface area contributed by atoms with Gasteiger partial charge in [0.15, 0.2) is 6.10 Å². The summed E-state index contributed by atoms with van der Waals surface area (Å²) in [6, 6.07) is 0. The van der Waals surface area contributed by atoms with Gasteiger partial charge in [-0.15, -0.1) is 0 Å². The Morgan fingerprint density at radius 2 is 0.875 bits per heavy atom. The molecule has 11 nitrogen and oxygen atoms in total. The number of rotatable bonds is 44. The number of aliphatic hydroxyl groups is 1. The summed E-state index contributed by atoms with van der Waals surface area (Å²) in [5, 5.41) is 9.74. The molecule has 3 unspecified atom stereocenters. The second-order valence-corrected chi connectivity index (χ2v) is 17.4. The van der Waals surface area contributed by atoms with Crippen LogP contribution in [0.25, 0.3) is 0 Å². The van der Waals surface area contributed by atoms with Crippen LogP contribution in [0.1, 0.15) is 188 Å². The van der Waals surface area contributed by atoms with E-state index in [0.29, 0.717) is 19.3 Å². The first-order chi connectivity index (χ1) is 31.2. The average molecular weight is 919 g/mol. The fraction of sp³-hybridized carbons (Fsp3) is 0.673. The minimum absolute atomic E-state index is 0.0693. The molecule has 0 bridgehead atoms. The monoisotopic (exact) mass is 919 g/mol. The second kappa shape index (κ2) is 46.2. The molecule has 3 atom stereocenters. The third-order valence-corrected chi connectivity index (χ3v) is 10.8. The zero-order chi connectivity index (χ0) is 47.0. The molecule has 0 radical (unpaired) electrons. The molecule has 0 spiro atoms. The van der Waals surface area contributed by atoms with Crippen LogP contribution in [0, 0.1) is 0 Å². The Balaban J connectivity index is 4.90. The van der Waals surface area contributed by atoms with Crippen molar-refractivity contribution in [1.82, 2.24) is 0 Å². The number of allylic oxidation sites excluding steroid dienone is 13. The van der Waals surface area contributed by atoms with Gasteiger partial charge in [0.1, 0.15) is 12.7 Å². The van der Waals surface area contributed by atoms with Gasteiger partial charge in [0, 0.05) is 12.8 Å². The molecule has 0 aromatic heterocycles. The zero-order valence-electron chi connectivity index (χ0n) is 40.0. The molecule has 2 N–H and O–H groups in total. The molecule has 0 aliphatic carbocycles. The van der Waals surface area contributed by atoms with Crippen molar-refractivity contribution in [3.05, 3.63) is 85.1 Å². The number of phosphoric acid groups is 1. The van der Waals surface area contributed by atoms with Crippen LogP contribution in [0.5, 0.6) is 0 Å². The van der Waals surface area contributed by atoms with E-state index in [9.17, 15) is 28.9 Å². The molecule has 0 aliphatic heterocycles. The molecule has 0 aliphatic rings. The minimum atomic E-state index is -4.77. The number of hydrogen-bond donors (Lipinski definition) is 2. The Morgan fingerprint density at radius 1 is 0.469 bits per heavy atom. The molecule has 0 heterocycles. The Bertz CT molecular complexity index is 1400. The third kappa shape index (κ3) is 43.9.